The summed E-state index contributed by atoms with van der Waals surface area (Å²) in [7, 11) is 0. The highest BCUT2D eigenvalue weighted by Crippen LogP contribution is 2.42. The molecular weight excluding hydrogens is 158 g/mol. The molecule has 4 heteroatoms. The van der Waals surface area contributed by atoms with Crippen LogP contribution in [0.3, 0.4) is 0 Å². The summed E-state index contributed by atoms with van der Waals surface area (Å²) in [4.78, 5) is 5.58. The van der Waals surface area contributed by atoms with Crippen molar-refractivity contribution in [1.82, 2.24) is 15.2 Å². The van der Waals surface area contributed by atoms with Gasteiger partial charge in [-0.3, -0.25) is 5.10 Å². The first kappa shape index (κ1) is 5.71. The first-order chi connectivity index (χ1) is 5.43. The number of nitrogens with zero attached hydrogens (tertiary/aromatic N) is 2. The smallest absolute Gasteiger partial charge is 0.138 e. The Kier molecular flexibility index (Phi) is 0.946. The van der Waals surface area contributed by atoms with Crippen molar-refractivity contribution < 1.29 is 0 Å². The van der Waals surface area contributed by atoms with Crippen molar-refractivity contribution in [2.45, 2.75) is 18.8 Å². The summed E-state index contributed by atoms with van der Waals surface area (Å²) in [6, 6.07) is 0. The van der Waals surface area contributed by atoms with Crippen LogP contribution in [0.25, 0.3) is 10.3 Å². The molecule has 0 saturated heterocycles. The molecule has 2 heterocycles. The number of fused-ring (bicyclic) bond motifs is 1. The number of nitrogens with one attached hydrogen (secondary N) is 1. The molecule has 1 aliphatic rings. The lowest BCUT2D eigenvalue weighted by Gasteiger charge is -1.82. The van der Waals surface area contributed by atoms with Gasteiger partial charge < -0.3 is 0 Å². The predicted octanol–water partition coefficient (Wildman–Crippen LogP) is 1.90. The van der Waals surface area contributed by atoms with Gasteiger partial charge in [0, 0.05) is 5.92 Å². The van der Waals surface area contributed by atoms with Gasteiger partial charge in [-0.25, -0.2) is 4.98 Å². The van der Waals surface area contributed by atoms with Crippen LogP contribution in [0.1, 0.15) is 23.8 Å². The maximum Gasteiger partial charge on any atom is 0.138 e. The monoisotopic (exact) mass is 165 g/mol. The highest BCUT2D eigenvalue weighted by Gasteiger charge is 2.27. The fraction of sp³-hybridized carbons (Fsp3) is 0.429. The molecule has 11 heavy (non-hydrogen) atoms. The van der Waals surface area contributed by atoms with E-state index in [1.807, 2.05) is 0 Å². The Morgan fingerprint density at radius 3 is 3.18 bits per heavy atom. The van der Waals surface area contributed by atoms with E-state index in [2.05, 4.69) is 15.2 Å². The lowest BCUT2D eigenvalue weighted by atomic mass is 10.4. The van der Waals surface area contributed by atoms with Gasteiger partial charge in [-0.15, -0.1) is 0 Å². The molecule has 0 aromatic carbocycles. The zero-order valence-corrected chi connectivity index (χ0v) is 6.69. The van der Waals surface area contributed by atoms with Gasteiger partial charge in [0.05, 0.1) is 11.2 Å². The molecule has 1 aliphatic carbocycles. The highest BCUT2D eigenvalue weighted by molar-refractivity contribution is 7.18. The SMILES string of the molecule is c1n[nH]c2sc(C3CC3)nc12. The normalized spacial score (nSPS) is 17.8. The van der Waals surface area contributed by atoms with E-state index in [4.69, 9.17) is 0 Å². The van der Waals surface area contributed by atoms with Crippen molar-refractivity contribution in [2.24, 2.45) is 0 Å². The van der Waals surface area contributed by atoms with E-state index in [-0.39, 0.29) is 0 Å². The second-order valence-electron chi connectivity index (χ2n) is 2.91. The molecule has 1 fully saturated rings. The number of H-pyrrole nitrogens is 1. The molecule has 3 nitrogen and oxygen atoms in total. The van der Waals surface area contributed by atoms with E-state index >= 15 is 0 Å². The minimum atomic E-state index is 0.765. The average Bonchev–Trinajstić information content (AvgIpc) is 2.60. The molecule has 1 saturated carbocycles. The summed E-state index contributed by atoms with van der Waals surface area (Å²) in [5, 5.41) is 8.12. The Labute approximate surface area is 67.5 Å². The van der Waals surface area contributed by atoms with Crippen LogP contribution >= 0.6 is 11.3 Å². The first-order valence-corrected chi connectivity index (χ1v) is 4.55. The third-order valence-corrected chi connectivity index (χ3v) is 3.09. The molecule has 2 aromatic rings. The lowest BCUT2D eigenvalue weighted by Crippen LogP contribution is -1.73. The standard InChI is InChI=1S/C7H7N3S/c1-2-4(1)6-9-5-3-8-10-7(5)11-6/h3-4H,1-2H2,(H,8,10). The average molecular weight is 165 g/mol. The molecule has 0 bridgehead atoms. The number of thiazole rings is 1. The van der Waals surface area contributed by atoms with Gasteiger partial charge in [-0.2, -0.15) is 5.10 Å². The van der Waals surface area contributed by atoms with Crippen LogP contribution in [0, 0.1) is 0 Å². The minimum absolute atomic E-state index is 0.765. The van der Waals surface area contributed by atoms with Crippen LogP contribution < -0.4 is 0 Å². The summed E-state index contributed by atoms with van der Waals surface area (Å²) in [5.41, 5.74) is 1.02. The summed E-state index contributed by atoms with van der Waals surface area (Å²) >= 11 is 1.75. The van der Waals surface area contributed by atoms with E-state index in [0.29, 0.717) is 0 Å². The fourth-order valence-corrected chi connectivity index (χ4v) is 2.23. The second kappa shape index (κ2) is 1.82. The Balaban J connectivity index is 2.22. The molecule has 3 rings (SSSR count). The Morgan fingerprint density at radius 2 is 2.45 bits per heavy atom. The van der Waals surface area contributed by atoms with Crippen LogP contribution in [0.4, 0.5) is 0 Å². The zero-order chi connectivity index (χ0) is 7.26. The Morgan fingerprint density at radius 1 is 1.55 bits per heavy atom. The van der Waals surface area contributed by atoms with Crippen LogP contribution in [0.5, 0.6) is 0 Å². The zero-order valence-electron chi connectivity index (χ0n) is 5.87. The van der Waals surface area contributed by atoms with Crippen LogP contribution in [0.15, 0.2) is 6.20 Å². The molecule has 56 valence electrons. The van der Waals surface area contributed by atoms with Crippen LogP contribution in [-0.4, -0.2) is 15.2 Å². The summed E-state index contributed by atoms with van der Waals surface area (Å²) < 4.78 is 0. The van der Waals surface area contributed by atoms with Crippen molar-refractivity contribution in [3.05, 3.63) is 11.2 Å². The predicted molar refractivity (Wildman–Crippen MR) is 43.7 cm³/mol. The Hall–Kier alpha value is -0.900. The van der Waals surface area contributed by atoms with Crippen molar-refractivity contribution in [2.75, 3.05) is 0 Å². The van der Waals surface area contributed by atoms with E-state index < -0.39 is 0 Å². The van der Waals surface area contributed by atoms with Gasteiger partial charge in [0.15, 0.2) is 0 Å². The van der Waals surface area contributed by atoms with E-state index in [9.17, 15) is 0 Å². The van der Waals surface area contributed by atoms with Crippen LogP contribution in [-0.2, 0) is 0 Å². The molecular formula is C7H7N3S. The summed E-state index contributed by atoms with van der Waals surface area (Å²) in [5.74, 6) is 0.765. The second-order valence-corrected chi connectivity index (χ2v) is 3.94. The van der Waals surface area contributed by atoms with Gasteiger partial charge in [0.25, 0.3) is 0 Å². The summed E-state index contributed by atoms with van der Waals surface area (Å²) in [6.07, 6.45) is 4.44. The largest absolute Gasteiger partial charge is 0.266 e. The quantitative estimate of drug-likeness (QED) is 0.701. The third-order valence-electron chi connectivity index (χ3n) is 1.95. The summed E-state index contributed by atoms with van der Waals surface area (Å²) in [6.45, 7) is 0. The third kappa shape index (κ3) is 0.790. The molecule has 2 aromatic heterocycles. The minimum Gasteiger partial charge on any atom is -0.266 e. The number of hydrogen-bond donors (Lipinski definition) is 1. The van der Waals surface area contributed by atoms with Gasteiger partial charge in [-0.1, -0.05) is 11.3 Å². The number of aromatic amines is 1. The molecule has 1 N–H and O–H groups in total. The number of rotatable bonds is 1. The van der Waals surface area contributed by atoms with Gasteiger partial charge >= 0.3 is 0 Å². The van der Waals surface area contributed by atoms with Gasteiger partial charge in [-0.05, 0) is 12.8 Å². The van der Waals surface area contributed by atoms with E-state index in [1.54, 1.807) is 17.5 Å². The fourth-order valence-electron chi connectivity index (χ4n) is 1.17. The first-order valence-electron chi connectivity index (χ1n) is 3.73. The maximum atomic E-state index is 4.46. The molecule has 0 spiro atoms. The van der Waals surface area contributed by atoms with Gasteiger partial charge in [0.1, 0.15) is 10.3 Å². The van der Waals surface area contributed by atoms with Crippen molar-refractivity contribution >= 4 is 21.7 Å². The molecule has 0 atom stereocenters. The molecule has 0 amide bonds. The van der Waals surface area contributed by atoms with Crippen LogP contribution in [0.2, 0.25) is 0 Å². The highest BCUT2D eigenvalue weighted by atomic mass is 32.1. The van der Waals surface area contributed by atoms with Crippen molar-refractivity contribution in [3.8, 4) is 0 Å². The molecule has 0 aliphatic heterocycles. The van der Waals surface area contributed by atoms with E-state index in [1.165, 1.54) is 17.8 Å². The van der Waals surface area contributed by atoms with Crippen molar-refractivity contribution in [3.63, 3.8) is 0 Å². The van der Waals surface area contributed by atoms with Gasteiger partial charge in [0.2, 0.25) is 0 Å². The molecule has 0 unspecified atom stereocenters. The van der Waals surface area contributed by atoms with Crippen molar-refractivity contribution in [1.29, 1.82) is 0 Å². The topological polar surface area (TPSA) is 41.6 Å². The molecule has 0 radical (unpaired) electrons. The number of aromatic nitrogens is 3. The maximum absolute atomic E-state index is 4.46. The Bertz CT molecular complexity index is 356. The lowest BCUT2D eigenvalue weighted by molar-refractivity contribution is 1.09. The number of hydrogen-bond acceptors (Lipinski definition) is 3. The van der Waals surface area contributed by atoms with E-state index in [0.717, 1.165) is 16.3 Å².